The van der Waals surface area contributed by atoms with Gasteiger partial charge in [-0.15, -0.1) is 0 Å². The second-order valence-corrected chi connectivity index (χ2v) is 6.11. The van der Waals surface area contributed by atoms with Gasteiger partial charge in [0.2, 0.25) is 0 Å². The Balaban J connectivity index is 1.70. The fraction of sp³-hybridized carbons (Fsp3) is 0.235. The molecule has 2 aromatic rings. The molecule has 0 aliphatic heterocycles. The van der Waals surface area contributed by atoms with E-state index in [1.807, 2.05) is 30.3 Å². The van der Waals surface area contributed by atoms with Crippen LogP contribution in [0.3, 0.4) is 0 Å². The molecule has 0 aliphatic rings. The van der Waals surface area contributed by atoms with Gasteiger partial charge in [-0.25, -0.2) is 0 Å². The van der Waals surface area contributed by atoms with E-state index in [4.69, 9.17) is 0 Å². The maximum atomic E-state index is 12.2. The highest BCUT2D eigenvalue weighted by atomic mass is 32.2. The first-order valence-electron chi connectivity index (χ1n) is 7.37. The Morgan fingerprint density at radius 2 is 1.62 bits per heavy atom. The summed E-state index contributed by atoms with van der Waals surface area (Å²) in [7, 11) is 0. The molecule has 24 heavy (non-hydrogen) atoms. The highest BCUT2D eigenvalue weighted by Crippen LogP contribution is 2.36. The SMILES string of the molecule is O=C(NCCCNc1ccccc1)c1ccc(SC(F)(F)F)cc1. The second-order valence-electron chi connectivity index (χ2n) is 4.97. The topological polar surface area (TPSA) is 41.1 Å². The van der Waals surface area contributed by atoms with E-state index in [1.54, 1.807) is 0 Å². The van der Waals surface area contributed by atoms with E-state index in [0.717, 1.165) is 12.1 Å². The van der Waals surface area contributed by atoms with Crippen LogP contribution in [0.15, 0.2) is 59.5 Å². The fourth-order valence-corrected chi connectivity index (χ4v) is 2.53. The Bertz CT molecular complexity index is 645. The summed E-state index contributed by atoms with van der Waals surface area (Å²) in [5.41, 5.74) is -2.96. The minimum atomic E-state index is -4.32. The zero-order valence-electron chi connectivity index (χ0n) is 12.8. The maximum Gasteiger partial charge on any atom is 0.446 e. The summed E-state index contributed by atoms with van der Waals surface area (Å²) in [6, 6.07) is 15.1. The molecule has 7 heteroatoms. The molecule has 0 fully saturated rings. The molecule has 0 saturated carbocycles. The van der Waals surface area contributed by atoms with Crippen LogP contribution in [0.25, 0.3) is 0 Å². The van der Waals surface area contributed by atoms with Crippen LogP contribution < -0.4 is 10.6 Å². The molecule has 2 aromatic carbocycles. The maximum absolute atomic E-state index is 12.2. The molecular weight excluding hydrogens is 337 g/mol. The van der Waals surface area contributed by atoms with Crippen molar-refractivity contribution in [3.63, 3.8) is 0 Å². The Kier molecular flexibility index (Phi) is 6.54. The normalized spacial score (nSPS) is 11.1. The van der Waals surface area contributed by atoms with Gasteiger partial charge in [0, 0.05) is 29.2 Å². The summed E-state index contributed by atoms with van der Waals surface area (Å²) < 4.78 is 36.7. The number of carbonyl (C=O) groups is 1. The number of thioether (sulfide) groups is 1. The number of rotatable bonds is 7. The van der Waals surface area contributed by atoms with E-state index in [2.05, 4.69) is 10.6 Å². The lowest BCUT2D eigenvalue weighted by molar-refractivity contribution is -0.0328. The Hall–Kier alpha value is -2.15. The van der Waals surface area contributed by atoms with Gasteiger partial charge in [0.25, 0.3) is 5.91 Å². The van der Waals surface area contributed by atoms with E-state index in [1.165, 1.54) is 24.3 Å². The molecule has 2 N–H and O–H groups in total. The minimum absolute atomic E-state index is 0.0612. The molecule has 0 bridgehead atoms. The van der Waals surface area contributed by atoms with Gasteiger partial charge < -0.3 is 10.6 Å². The Morgan fingerprint density at radius 3 is 2.25 bits per heavy atom. The molecule has 1 amide bonds. The number of hydrogen-bond donors (Lipinski definition) is 2. The van der Waals surface area contributed by atoms with Gasteiger partial charge in [0.15, 0.2) is 0 Å². The first kappa shape index (κ1) is 18.2. The zero-order valence-corrected chi connectivity index (χ0v) is 13.6. The molecule has 0 aromatic heterocycles. The van der Waals surface area contributed by atoms with E-state index in [9.17, 15) is 18.0 Å². The number of nitrogens with one attached hydrogen (secondary N) is 2. The van der Waals surface area contributed by atoms with Crippen LogP contribution in [0.1, 0.15) is 16.8 Å². The van der Waals surface area contributed by atoms with Crippen molar-refractivity contribution in [1.82, 2.24) is 5.32 Å². The van der Waals surface area contributed by atoms with Crippen LogP contribution in [-0.4, -0.2) is 24.5 Å². The summed E-state index contributed by atoms with van der Waals surface area (Å²) in [5, 5.41) is 5.97. The number of para-hydroxylation sites is 1. The smallest absolute Gasteiger partial charge is 0.385 e. The number of amides is 1. The number of alkyl halides is 3. The molecule has 3 nitrogen and oxygen atoms in total. The van der Waals surface area contributed by atoms with E-state index >= 15 is 0 Å². The molecule has 0 aliphatic carbocycles. The summed E-state index contributed by atoms with van der Waals surface area (Å²) in [5.74, 6) is -0.293. The van der Waals surface area contributed by atoms with Crippen LogP contribution in [0.2, 0.25) is 0 Å². The molecule has 2 rings (SSSR count). The van der Waals surface area contributed by atoms with Crippen molar-refractivity contribution in [2.24, 2.45) is 0 Å². The van der Waals surface area contributed by atoms with Crippen molar-refractivity contribution < 1.29 is 18.0 Å². The highest BCUT2D eigenvalue weighted by molar-refractivity contribution is 8.00. The van der Waals surface area contributed by atoms with Crippen LogP contribution in [0.4, 0.5) is 18.9 Å². The number of carbonyl (C=O) groups excluding carboxylic acids is 1. The molecule has 0 saturated heterocycles. The van der Waals surface area contributed by atoms with Crippen molar-refractivity contribution in [3.8, 4) is 0 Å². The molecule has 0 unspecified atom stereocenters. The minimum Gasteiger partial charge on any atom is -0.385 e. The highest BCUT2D eigenvalue weighted by Gasteiger charge is 2.29. The van der Waals surface area contributed by atoms with Crippen LogP contribution in [-0.2, 0) is 0 Å². The third-order valence-corrected chi connectivity index (χ3v) is 3.83. The standard InChI is InChI=1S/C17H17F3N2OS/c18-17(19,20)24-15-9-7-13(8-10-15)16(23)22-12-4-11-21-14-5-2-1-3-6-14/h1-3,5-10,21H,4,11-12H2,(H,22,23). The van der Waals surface area contributed by atoms with Gasteiger partial charge in [-0.05, 0) is 54.6 Å². The summed E-state index contributed by atoms with van der Waals surface area (Å²) in [4.78, 5) is 12.0. The lowest BCUT2D eigenvalue weighted by atomic mass is 10.2. The van der Waals surface area contributed by atoms with Crippen LogP contribution in [0, 0.1) is 0 Å². The quantitative estimate of drug-likeness (QED) is 0.567. The second kappa shape index (κ2) is 8.63. The molecular formula is C17H17F3N2OS. The Morgan fingerprint density at radius 1 is 0.958 bits per heavy atom. The van der Waals surface area contributed by atoms with Crippen LogP contribution in [0.5, 0.6) is 0 Å². The lowest BCUT2D eigenvalue weighted by Gasteiger charge is -2.08. The van der Waals surface area contributed by atoms with Crippen LogP contribution >= 0.6 is 11.8 Å². The van der Waals surface area contributed by atoms with E-state index in [0.29, 0.717) is 18.7 Å². The third-order valence-electron chi connectivity index (χ3n) is 3.09. The van der Waals surface area contributed by atoms with Crippen molar-refractivity contribution in [2.45, 2.75) is 16.8 Å². The first-order valence-corrected chi connectivity index (χ1v) is 8.18. The third kappa shape index (κ3) is 6.54. The van der Waals surface area contributed by atoms with Gasteiger partial charge in [0.05, 0.1) is 0 Å². The average molecular weight is 354 g/mol. The number of benzene rings is 2. The van der Waals surface area contributed by atoms with Crippen molar-refractivity contribution >= 4 is 23.4 Å². The summed E-state index contributed by atoms with van der Waals surface area (Å²) >= 11 is -0.196. The molecule has 0 heterocycles. The van der Waals surface area contributed by atoms with Gasteiger partial charge in [0.1, 0.15) is 0 Å². The Labute approximate surface area is 142 Å². The van der Waals surface area contributed by atoms with Crippen molar-refractivity contribution in [2.75, 3.05) is 18.4 Å². The van der Waals surface area contributed by atoms with Crippen molar-refractivity contribution in [1.29, 1.82) is 0 Å². The summed E-state index contributed by atoms with van der Waals surface area (Å²) in [6.45, 7) is 1.20. The van der Waals surface area contributed by atoms with Gasteiger partial charge >= 0.3 is 5.51 Å². The molecule has 0 atom stereocenters. The lowest BCUT2D eigenvalue weighted by Crippen LogP contribution is -2.25. The van der Waals surface area contributed by atoms with Gasteiger partial charge in [-0.2, -0.15) is 13.2 Å². The average Bonchev–Trinajstić information content (AvgIpc) is 2.54. The van der Waals surface area contributed by atoms with E-state index in [-0.39, 0.29) is 22.6 Å². The zero-order chi connectivity index (χ0) is 17.4. The number of anilines is 1. The number of hydrogen-bond acceptors (Lipinski definition) is 3. The molecule has 128 valence electrons. The fourth-order valence-electron chi connectivity index (χ4n) is 1.99. The number of halogens is 3. The predicted molar refractivity (Wildman–Crippen MR) is 90.2 cm³/mol. The van der Waals surface area contributed by atoms with Gasteiger partial charge in [-0.1, -0.05) is 18.2 Å². The predicted octanol–water partition coefficient (Wildman–Crippen LogP) is 4.53. The largest absolute Gasteiger partial charge is 0.446 e. The monoisotopic (exact) mass is 354 g/mol. The molecule has 0 spiro atoms. The van der Waals surface area contributed by atoms with E-state index < -0.39 is 5.51 Å². The first-order chi connectivity index (χ1) is 11.4. The summed E-state index contributed by atoms with van der Waals surface area (Å²) in [6.07, 6.45) is 0.739. The van der Waals surface area contributed by atoms with Crippen molar-refractivity contribution in [3.05, 3.63) is 60.2 Å². The van der Waals surface area contributed by atoms with Gasteiger partial charge in [-0.3, -0.25) is 4.79 Å². The molecule has 0 radical (unpaired) electrons.